The highest BCUT2D eigenvalue weighted by Crippen LogP contribution is 2.24. The maximum Gasteiger partial charge on any atom is 0.240 e. The molecule has 3 rings (SSSR count). The molecule has 1 fully saturated rings. The van der Waals surface area contributed by atoms with Crippen molar-refractivity contribution >= 4 is 45.8 Å². The average Bonchev–Trinajstić information content (AvgIpc) is 2.65. The van der Waals surface area contributed by atoms with Gasteiger partial charge in [0, 0.05) is 43.0 Å². The fourth-order valence-electron chi connectivity index (χ4n) is 3.39. The minimum Gasteiger partial charge on any atom is -0.362 e. The van der Waals surface area contributed by atoms with E-state index in [0.717, 1.165) is 37.1 Å². The number of aryl methyl sites for hydroxylation is 1. The van der Waals surface area contributed by atoms with E-state index < -0.39 is 10.0 Å². The van der Waals surface area contributed by atoms with Crippen molar-refractivity contribution < 1.29 is 8.42 Å². The van der Waals surface area contributed by atoms with Gasteiger partial charge in [0.15, 0.2) is 0 Å². The number of anilines is 2. The van der Waals surface area contributed by atoms with E-state index in [1.807, 2.05) is 32.1 Å². The van der Waals surface area contributed by atoms with Crippen LogP contribution in [0.3, 0.4) is 0 Å². The van der Waals surface area contributed by atoms with Crippen LogP contribution in [0.5, 0.6) is 0 Å². The molecule has 2 N–H and O–H groups in total. The summed E-state index contributed by atoms with van der Waals surface area (Å²) in [5, 5.41) is 3.90. The fraction of sp³-hybridized carbons (Fsp3) is 0.474. The van der Waals surface area contributed by atoms with Gasteiger partial charge < -0.3 is 10.2 Å². The number of halogens is 2. The van der Waals surface area contributed by atoms with Crippen LogP contribution in [-0.2, 0) is 10.0 Å². The number of hydrogen-bond donors (Lipinski definition) is 2. The van der Waals surface area contributed by atoms with Crippen LogP contribution >= 0.6 is 24.0 Å². The van der Waals surface area contributed by atoms with Crippen molar-refractivity contribution in [3.8, 4) is 0 Å². The van der Waals surface area contributed by atoms with E-state index in [1.165, 1.54) is 12.1 Å². The van der Waals surface area contributed by atoms with Crippen LogP contribution < -0.4 is 14.9 Å². The number of nitrogens with zero attached hydrogens (tertiary/aromatic N) is 3. The van der Waals surface area contributed by atoms with Gasteiger partial charge >= 0.3 is 0 Å². The number of rotatable bonds is 6. The second kappa shape index (κ2) is 9.93. The average molecular weight is 460 g/mol. The first-order valence-electron chi connectivity index (χ1n) is 9.30. The second-order valence-corrected chi connectivity index (χ2v) is 9.51. The third-order valence-electron chi connectivity index (χ3n) is 4.87. The van der Waals surface area contributed by atoms with Gasteiger partial charge in [-0.1, -0.05) is 11.6 Å². The van der Waals surface area contributed by atoms with Gasteiger partial charge in [-0.3, -0.25) is 0 Å². The maximum absolute atomic E-state index is 12.5. The van der Waals surface area contributed by atoms with Gasteiger partial charge in [-0.2, -0.15) is 4.98 Å². The number of aromatic nitrogens is 2. The normalized spacial score (nSPS) is 19.3. The van der Waals surface area contributed by atoms with E-state index >= 15 is 0 Å². The first-order chi connectivity index (χ1) is 13.2. The van der Waals surface area contributed by atoms with Crippen LogP contribution in [0.15, 0.2) is 35.4 Å². The first kappa shape index (κ1) is 23.7. The van der Waals surface area contributed by atoms with Crippen LogP contribution in [0, 0.1) is 6.92 Å². The van der Waals surface area contributed by atoms with Crippen molar-refractivity contribution in [1.29, 1.82) is 0 Å². The van der Waals surface area contributed by atoms with Gasteiger partial charge in [-0.05, 0) is 56.9 Å². The molecule has 1 aliphatic carbocycles. The highest BCUT2D eigenvalue weighted by molar-refractivity contribution is 7.89. The maximum atomic E-state index is 12.5. The molecule has 29 heavy (non-hydrogen) atoms. The van der Waals surface area contributed by atoms with E-state index in [9.17, 15) is 8.42 Å². The second-order valence-electron chi connectivity index (χ2n) is 7.36. The molecule has 1 aromatic heterocycles. The zero-order valence-corrected chi connectivity index (χ0v) is 19.1. The predicted octanol–water partition coefficient (Wildman–Crippen LogP) is 3.63. The van der Waals surface area contributed by atoms with Gasteiger partial charge in [0.2, 0.25) is 16.0 Å². The van der Waals surface area contributed by atoms with E-state index in [1.54, 1.807) is 12.1 Å². The van der Waals surface area contributed by atoms with Gasteiger partial charge in [-0.25, -0.2) is 18.1 Å². The number of sulfonamides is 1. The summed E-state index contributed by atoms with van der Waals surface area (Å²) in [7, 11) is 0.379. The molecule has 0 radical (unpaired) electrons. The van der Waals surface area contributed by atoms with E-state index in [-0.39, 0.29) is 29.4 Å². The summed E-state index contributed by atoms with van der Waals surface area (Å²) in [5.41, 5.74) is 1.02. The van der Waals surface area contributed by atoms with E-state index in [0.29, 0.717) is 11.0 Å². The summed E-state index contributed by atoms with van der Waals surface area (Å²) in [4.78, 5) is 11.1. The quantitative estimate of drug-likeness (QED) is 0.685. The predicted molar refractivity (Wildman–Crippen MR) is 120 cm³/mol. The van der Waals surface area contributed by atoms with Crippen molar-refractivity contribution in [2.75, 3.05) is 24.3 Å². The highest BCUT2D eigenvalue weighted by Gasteiger charge is 2.26. The molecule has 160 valence electrons. The lowest BCUT2D eigenvalue weighted by molar-refractivity contribution is 0.386. The van der Waals surface area contributed by atoms with Crippen molar-refractivity contribution in [3.63, 3.8) is 0 Å². The van der Waals surface area contributed by atoms with Crippen molar-refractivity contribution in [3.05, 3.63) is 41.0 Å². The lowest BCUT2D eigenvalue weighted by Crippen LogP contribution is -2.40. The third-order valence-corrected chi connectivity index (χ3v) is 6.66. The highest BCUT2D eigenvalue weighted by atomic mass is 35.5. The summed E-state index contributed by atoms with van der Waals surface area (Å²) in [6.45, 7) is 1.98. The number of benzene rings is 1. The topological polar surface area (TPSA) is 87.2 Å². The third kappa shape index (κ3) is 6.18. The Balaban J connectivity index is 0.00000300. The van der Waals surface area contributed by atoms with Crippen LogP contribution in [-0.4, -0.2) is 44.6 Å². The molecular weight excluding hydrogens is 433 g/mol. The molecule has 2 aromatic rings. The molecule has 1 aromatic carbocycles. The van der Waals surface area contributed by atoms with Crippen LogP contribution in [0.1, 0.15) is 31.2 Å². The summed E-state index contributed by atoms with van der Waals surface area (Å²) >= 11 is 5.84. The molecular formula is C19H27Cl2N5O2S. The molecule has 0 aliphatic heterocycles. The Labute approximate surface area is 183 Å². The van der Waals surface area contributed by atoms with E-state index in [4.69, 9.17) is 11.6 Å². The lowest BCUT2D eigenvalue weighted by Gasteiger charge is -2.29. The number of nitrogens with one attached hydrogen (secondary N) is 2. The van der Waals surface area contributed by atoms with Crippen molar-refractivity contribution in [1.82, 2.24) is 14.7 Å². The molecule has 7 nitrogen and oxygen atoms in total. The Morgan fingerprint density at radius 1 is 1.07 bits per heavy atom. The first-order valence-corrected chi connectivity index (χ1v) is 11.2. The van der Waals surface area contributed by atoms with Crippen LogP contribution in [0.25, 0.3) is 0 Å². The minimum absolute atomic E-state index is 0. The Hall–Kier alpha value is -1.61. The fourth-order valence-corrected chi connectivity index (χ4v) is 4.83. The Morgan fingerprint density at radius 2 is 1.66 bits per heavy atom. The Morgan fingerprint density at radius 3 is 2.24 bits per heavy atom. The van der Waals surface area contributed by atoms with Crippen molar-refractivity contribution in [2.45, 2.75) is 49.6 Å². The zero-order valence-electron chi connectivity index (χ0n) is 16.7. The minimum atomic E-state index is -3.53. The standard InChI is InChI=1S/C19H26ClN5O2S.ClH/c1-13-12-21-19(23-18(13)25(2)3)22-15-6-8-16(9-7-15)24-28(26,27)17-10-4-14(20)5-11-17;/h4-5,10-12,15-16,24H,6-9H2,1-3H3,(H,21,22,23);1H. The molecule has 0 atom stereocenters. The zero-order chi connectivity index (χ0) is 20.3. The smallest absolute Gasteiger partial charge is 0.240 e. The summed E-state index contributed by atoms with van der Waals surface area (Å²) in [6.07, 6.45) is 5.04. The Bertz CT molecular complexity index is 915. The molecule has 1 heterocycles. The molecule has 10 heteroatoms. The van der Waals surface area contributed by atoms with Gasteiger partial charge in [0.25, 0.3) is 0 Å². The Kier molecular flexibility index (Phi) is 8.10. The van der Waals surface area contributed by atoms with Crippen LogP contribution in [0.2, 0.25) is 5.02 Å². The SMILES string of the molecule is Cc1cnc(NC2CCC(NS(=O)(=O)c3ccc(Cl)cc3)CC2)nc1N(C)C.Cl. The summed E-state index contributed by atoms with van der Waals surface area (Å²) in [6, 6.07) is 6.37. The van der Waals surface area contributed by atoms with Crippen LogP contribution in [0.4, 0.5) is 11.8 Å². The van der Waals surface area contributed by atoms with Gasteiger partial charge in [-0.15, -0.1) is 12.4 Å². The monoisotopic (exact) mass is 459 g/mol. The molecule has 1 saturated carbocycles. The van der Waals surface area contributed by atoms with Crippen molar-refractivity contribution in [2.24, 2.45) is 0 Å². The summed E-state index contributed by atoms with van der Waals surface area (Å²) in [5.74, 6) is 1.50. The lowest BCUT2D eigenvalue weighted by atomic mass is 9.92. The molecule has 0 unspecified atom stereocenters. The number of hydrogen-bond acceptors (Lipinski definition) is 6. The van der Waals surface area contributed by atoms with E-state index in [2.05, 4.69) is 20.0 Å². The molecule has 1 aliphatic rings. The summed E-state index contributed by atoms with van der Waals surface area (Å²) < 4.78 is 27.9. The molecule has 0 amide bonds. The van der Waals surface area contributed by atoms with Gasteiger partial charge in [0.05, 0.1) is 4.90 Å². The molecule has 0 spiro atoms. The molecule has 0 saturated heterocycles. The molecule has 0 bridgehead atoms. The largest absolute Gasteiger partial charge is 0.362 e. The van der Waals surface area contributed by atoms with Gasteiger partial charge in [0.1, 0.15) is 5.82 Å².